The van der Waals surface area contributed by atoms with Crippen molar-refractivity contribution < 1.29 is 0 Å². The van der Waals surface area contributed by atoms with Gasteiger partial charge in [0.05, 0.1) is 12.1 Å². The van der Waals surface area contributed by atoms with Gasteiger partial charge in [0, 0.05) is 0 Å². The van der Waals surface area contributed by atoms with Crippen LogP contribution in [-0.4, -0.2) is 37.0 Å². The van der Waals surface area contributed by atoms with Crippen molar-refractivity contribution in [2.24, 2.45) is 10.8 Å². The summed E-state index contributed by atoms with van der Waals surface area (Å²) in [5, 5.41) is 0. The van der Waals surface area contributed by atoms with Crippen LogP contribution in [0.25, 0.3) is 0 Å². The molecule has 2 nitrogen and oxygen atoms in total. The molecule has 2 aromatic rings. The van der Waals surface area contributed by atoms with E-state index in [1.54, 1.807) is 0 Å². The van der Waals surface area contributed by atoms with E-state index in [0.717, 1.165) is 13.1 Å². The van der Waals surface area contributed by atoms with E-state index in [-0.39, 0.29) is 0 Å². The van der Waals surface area contributed by atoms with Gasteiger partial charge >= 0.3 is 0 Å². The van der Waals surface area contributed by atoms with E-state index in [9.17, 15) is 0 Å². The summed E-state index contributed by atoms with van der Waals surface area (Å²) in [5.41, 5.74) is 3.45. The molecule has 0 fully saturated rings. The smallest absolute Gasteiger partial charge is 0.0542 e. The largest absolute Gasteiger partial charge is 0.298 e. The average Bonchev–Trinajstić information content (AvgIpc) is 2.68. The Labute approximate surface area is 186 Å². The van der Waals surface area contributed by atoms with Gasteiger partial charge in [0.1, 0.15) is 0 Å². The van der Waals surface area contributed by atoms with Gasteiger partial charge < -0.3 is 0 Å². The predicted molar refractivity (Wildman–Crippen MR) is 132 cm³/mol. The number of nitrogens with zero attached hydrogens (tertiary/aromatic N) is 2. The molecule has 0 bridgehead atoms. The highest BCUT2D eigenvalue weighted by Gasteiger charge is 2.32. The lowest BCUT2D eigenvalue weighted by Gasteiger charge is -2.41. The second-order valence-electron chi connectivity index (χ2n) is 11.3. The van der Waals surface area contributed by atoms with E-state index >= 15 is 0 Å². The van der Waals surface area contributed by atoms with Crippen molar-refractivity contribution in [1.82, 2.24) is 9.80 Å². The van der Waals surface area contributed by atoms with Gasteiger partial charge in [0.25, 0.3) is 0 Å². The van der Waals surface area contributed by atoms with Crippen molar-refractivity contribution in [3.8, 4) is 0 Å². The predicted octanol–water partition coefficient (Wildman–Crippen LogP) is 7.21. The molecule has 0 saturated heterocycles. The summed E-state index contributed by atoms with van der Waals surface area (Å²) in [5.74, 6) is 0. The molecule has 0 aliphatic heterocycles. The quantitative estimate of drug-likeness (QED) is 0.432. The summed E-state index contributed by atoms with van der Waals surface area (Å²) in [6.45, 7) is 16.2. The third kappa shape index (κ3) is 7.89. The molecule has 2 rings (SSSR count). The van der Waals surface area contributed by atoms with Crippen LogP contribution < -0.4 is 0 Å². The molecule has 0 aliphatic rings. The molecule has 0 unspecified atom stereocenters. The van der Waals surface area contributed by atoms with Crippen LogP contribution in [0.5, 0.6) is 0 Å². The number of likely N-dealkylation sites (N-methyl/N-ethyl adjacent to an activating group) is 2. The fraction of sp³-hybridized carbons (Fsp3) is 0.571. The number of hydrogen-bond acceptors (Lipinski definition) is 2. The normalized spacial score (nSPS) is 14.9. The van der Waals surface area contributed by atoms with Gasteiger partial charge in [-0.05, 0) is 62.0 Å². The summed E-state index contributed by atoms with van der Waals surface area (Å²) >= 11 is 0. The fourth-order valence-electron chi connectivity index (χ4n) is 3.96. The zero-order valence-electron chi connectivity index (χ0n) is 20.7. The Morgan fingerprint density at radius 1 is 0.567 bits per heavy atom. The minimum Gasteiger partial charge on any atom is -0.298 e. The van der Waals surface area contributed by atoms with Crippen molar-refractivity contribution in [1.29, 1.82) is 0 Å². The standard InChI is InChI=1S/C28H44N2/c1-27(2,3)19-21-29(7)25(23-15-11-9-12-16-23)26(24-17-13-10-14-18-24)30(8)22-20-28(4,5)6/h9-18,25-26H,19-22H2,1-8H3/t25-,26-/m1/s1. The lowest BCUT2D eigenvalue weighted by Crippen LogP contribution is -2.40. The topological polar surface area (TPSA) is 6.48 Å². The molecule has 2 heteroatoms. The first-order valence-electron chi connectivity index (χ1n) is 11.5. The lowest BCUT2D eigenvalue weighted by atomic mass is 9.87. The minimum atomic E-state index is 0.306. The van der Waals surface area contributed by atoms with Crippen LogP contribution in [0.2, 0.25) is 0 Å². The molecular weight excluding hydrogens is 364 g/mol. The van der Waals surface area contributed by atoms with Crippen LogP contribution in [0.15, 0.2) is 60.7 Å². The maximum atomic E-state index is 2.58. The Balaban J connectivity index is 2.43. The number of hydrogen-bond donors (Lipinski definition) is 0. The molecule has 0 radical (unpaired) electrons. The molecule has 0 spiro atoms. The molecule has 2 atom stereocenters. The Kier molecular flexibility index (Phi) is 8.70. The first kappa shape index (κ1) is 24.6. The molecule has 166 valence electrons. The van der Waals surface area contributed by atoms with E-state index in [2.05, 4.69) is 126 Å². The summed E-state index contributed by atoms with van der Waals surface area (Å²) in [6, 6.07) is 22.8. The van der Waals surface area contributed by atoms with Crippen LogP contribution in [0.4, 0.5) is 0 Å². The molecule has 2 aromatic carbocycles. The van der Waals surface area contributed by atoms with Gasteiger partial charge in [-0.1, -0.05) is 102 Å². The van der Waals surface area contributed by atoms with E-state index in [0.29, 0.717) is 22.9 Å². The molecule has 0 aliphatic carbocycles. The van der Waals surface area contributed by atoms with Gasteiger partial charge in [0.2, 0.25) is 0 Å². The van der Waals surface area contributed by atoms with Gasteiger partial charge in [-0.2, -0.15) is 0 Å². The highest BCUT2D eigenvalue weighted by atomic mass is 15.2. The molecule has 30 heavy (non-hydrogen) atoms. The van der Waals surface area contributed by atoms with Crippen molar-refractivity contribution in [2.45, 2.75) is 66.5 Å². The molecule has 0 saturated carbocycles. The minimum absolute atomic E-state index is 0.306. The molecule has 0 heterocycles. The number of benzene rings is 2. The monoisotopic (exact) mass is 408 g/mol. The first-order valence-corrected chi connectivity index (χ1v) is 11.5. The maximum Gasteiger partial charge on any atom is 0.0542 e. The summed E-state index contributed by atoms with van der Waals surface area (Å²) in [6.07, 6.45) is 2.36. The van der Waals surface area contributed by atoms with Crippen molar-refractivity contribution in [3.05, 3.63) is 71.8 Å². The number of rotatable bonds is 9. The molecular formula is C28H44N2. The van der Waals surface area contributed by atoms with Crippen molar-refractivity contribution >= 4 is 0 Å². The van der Waals surface area contributed by atoms with Crippen LogP contribution in [0.3, 0.4) is 0 Å². The molecule has 0 N–H and O–H groups in total. The van der Waals surface area contributed by atoms with E-state index < -0.39 is 0 Å². The lowest BCUT2D eigenvalue weighted by molar-refractivity contribution is 0.0945. The van der Waals surface area contributed by atoms with Gasteiger partial charge in [-0.15, -0.1) is 0 Å². The van der Waals surface area contributed by atoms with Crippen LogP contribution in [0, 0.1) is 10.8 Å². The van der Waals surface area contributed by atoms with E-state index in [1.165, 1.54) is 24.0 Å². The van der Waals surface area contributed by atoms with Gasteiger partial charge in [-0.25, -0.2) is 0 Å². The Bertz CT molecular complexity index is 659. The Morgan fingerprint density at radius 3 is 1.13 bits per heavy atom. The fourth-order valence-corrected chi connectivity index (χ4v) is 3.96. The SMILES string of the molecule is CN(CCC(C)(C)C)[C@H](c1ccccc1)[C@@H](c1ccccc1)N(C)CCC(C)(C)C. The summed E-state index contributed by atoms with van der Waals surface area (Å²) < 4.78 is 0. The Hall–Kier alpha value is -1.64. The van der Waals surface area contributed by atoms with Gasteiger partial charge in [0.15, 0.2) is 0 Å². The third-order valence-corrected chi connectivity index (χ3v) is 5.96. The van der Waals surface area contributed by atoms with Gasteiger partial charge in [-0.3, -0.25) is 9.80 Å². The highest BCUT2D eigenvalue weighted by molar-refractivity contribution is 5.28. The second-order valence-corrected chi connectivity index (χ2v) is 11.3. The third-order valence-electron chi connectivity index (χ3n) is 5.96. The maximum absolute atomic E-state index is 2.58. The first-order chi connectivity index (χ1) is 14.0. The second kappa shape index (κ2) is 10.6. The highest BCUT2D eigenvalue weighted by Crippen LogP contribution is 2.38. The average molecular weight is 409 g/mol. The van der Waals surface area contributed by atoms with Crippen LogP contribution in [0.1, 0.15) is 77.6 Å². The summed E-state index contributed by atoms with van der Waals surface area (Å²) in [7, 11) is 4.61. The van der Waals surface area contributed by atoms with E-state index in [4.69, 9.17) is 0 Å². The zero-order chi connectivity index (χ0) is 22.4. The van der Waals surface area contributed by atoms with Crippen molar-refractivity contribution in [3.63, 3.8) is 0 Å². The molecule has 0 amide bonds. The molecule has 0 aromatic heterocycles. The van der Waals surface area contributed by atoms with Crippen LogP contribution >= 0.6 is 0 Å². The zero-order valence-corrected chi connectivity index (χ0v) is 20.7. The Morgan fingerprint density at radius 2 is 0.867 bits per heavy atom. The van der Waals surface area contributed by atoms with E-state index in [1.807, 2.05) is 0 Å². The van der Waals surface area contributed by atoms with Crippen LogP contribution in [-0.2, 0) is 0 Å². The van der Waals surface area contributed by atoms with Crippen molar-refractivity contribution in [2.75, 3.05) is 27.2 Å². The summed E-state index contributed by atoms with van der Waals surface area (Å²) in [4.78, 5) is 5.15.